The Bertz CT molecular complexity index is 287. The highest BCUT2D eigenvalue weighted by Crippen LogP contribution is 2.49. The van der Waals surface area contributed by atoms with E-state index in [2.05, 4.69) is 13.8 Å². The molecule has 0 radical (unpaired) electrons. The van der Waals surface area contributed by atoms with Crippen LogP contribution in [-0.4, -0.2) is 17.7 Å². The summed E-state index contributed by atoms with van der Waals surface area (Å²) in [6.07, 6.45) is 8.85. The minimum Gasteiger partial charge on any atom is -0.393 e. The van der Waals surface area contributed by atoms with Gasteiger partial charge in [-0.3, -0.25) is 0 Å². The molecule has 0 bridgehead atoms. The Morgan fingerprint density at radius 1 is 1.24 bits per heavy atom. The van der Waals surface area contributed by atoms with E-state index in [1.54, 1.807) is 0 Å². The SMILES string of the molecule is CC1(C)CCC(OCC2(CC(N)=S)CC2)CC1. The van der Waals surface area contributed by atoms with Crippen LogP contribution >= 0.6 is 12.2 Å². The van der Waals surface area contributed by atoms with Crippen LogP contribution in [0.2, 0.25) is 0 Å². The van der Waals surface area contributed by atoms with Crippen molar-refractivity contribution in [2.75, 3.05) is 6.61 Å². The van der Waals surface area contributed by atoms with Crippen LogP contribution in [0.1, 0.15) is 58.8 Å². The summed E-state index contributed by atoms with van der Waals surface area (Å²) in [4.78, 5) is 0.649. The molecule has 0 aromatic carbocycles. The Kier molecular flexibility index (Phi) is 3.79. The van der Waals surface area contributed by atoms with Crippen molar-refractivity contribution >= 4 is 17.2 Å². The van der Waals surface area contributed by atoms with Gasteiger partial charge in [-0.2, -0.15) is 0 Å². The molecule has 2 aliphatic rings. The summed E-state index contributed by atoms with van der Waals surface area (Å²) in [6.45, 7) is 5.59. The highest BCUT2D eigenvalue weighted by Gasteiger charge is 2.44. The summed E-state index contributed by atoms with van der Waals surface area (Å²) < 4.78 is 6.09. The molecule has 0 aliphatic heterocycles. The molecule has 98 valence electrons. The molecule has 2 N–H and O–H groups in total. The third kappa shape index (κ3) is 3.92. The summed E-state index contributed by atoms with van der Waals surface area (Å²) >= 11 is 5.01. The van der Waals surface area contributed by atoms with E-state index in [-0.39, 0.29) is 0 Å². The first-order valence-corrected chi connectivity index (χ1v) is 7.22. The van der Waals surface area contributed by atoms with E-state index in [1.807, 2.05) is 0 Å². The topological polar surface area (TPSA) is 35.2 Å². The highest BCUT2D eigenvalue weighted by atomic mass is 32.1. The van der Waals surface area contributed by atoms with Crippen molar-refractivity contribution in [1.82, 2.24) is 0 Å². The van der Waals surface area contributed by atoms with Gasteiger partial charge in [0.1, 0.15) is 0 Å². The van der Waals surface area contributed by atoms with Gasteiger partial charge in [-0.05, 0) is 43.9 Å². The second-order valence-corrected chi connectivity index (χ2v) is 7.34. The van der Waals surface area contributed by atoms with E-state index in [0.717, 1.165) is 13.0 Å². The zero-order valence-corrected chi connectivity index (χ0v) is 11.9. The van der Waals surface area contributed by atoms with Gasteiger partial charge in [-0.25, -0.2) is 0 Å². The lowest BCUT2D eigenvalue weighted by Crippen LogP contribution is -2.29. The molecular weight excluding hydrogens is 230 g/mol. The summed E-state index contributed by atoms with van der Waals surface area (Å²) in [5.74, 6) is 0. The fourth-order valence-corrected chi connectivity index (χ4v) is 3.06. The van der Waals surface area contributed by atoms with Crippen molar-refractivity contribution in [2.24, 2.45) is 16.6 Å². The monoisotopic (exact) mass is 255 g/mol. The van der Waals surface area contributed by atoms with Gasteiger partial charge in [0.2, 0.25) is 0 Å². The average Bonchev–Trinajstić information content (AvgIpc) is 2.96. The normalized spacial score (nSPS) is 26.7. The van der Waals surface area contributed by atoms with Crippen LogP contribution in [0.25, 0.3) is 0 Å². The van der Waals surface area contributed by atoms with Gasteiger partial charge in [0.05, 0.1) is 17.7 Å². The minimum absolute atomic E-state index is 0.318. The van der Waals surface area contributed by atoms with Crippen LogP contribution in [-0.2, 0) is 4.74 Å². The third-order valence-electron chi connectivity index (χ3n) is 4.42. The van der Waals surface area contributed by atoms with Crippen molar-refractivity contribution in [3.8, 4) is 0 Å². The molecule has 0 aromatic rings. The van der Waals surface area contributed by atoms with Gasteiger partial charge < -0.3 is 10.5 Å². The van der Waals surface area contributed by atoms with Crippen LogP contribution < -0.4 is 5.73 Å². The quantitative estimate of drug-likeness (QED) is 0.764. The lowest BCUT2D eigenvalue weighted by Gasteiger charge is -2.34. The molecule has 0 atom stereocenters. The maximum absolute atomic E-state index is 6.09. The first-order chi connectivity index (χ1) is 7.91. The third-order valence-corrected chi connectivity index (χ3v) is 4.56. The van der Waals surface area contributed by atoms with Crippen LogP contribution in [0.3, 0.4) is 0 Å². The smallest absolute Gasteiger partial charge is 0.0733 e. The molecule has 3 heteroatoms. The van der Waals surface area contributed by atoms with Crippen molar-refractivity contribution in [2.45, 2.75) is 64.9 Å². The van der Waals surface area contributed by atoms with E-state index in [9.17, 15) is 0 Å². The number of hydrogen-bond donors (Lipinski definition) is 1. The lowest BCUT2D eigenvalue weighted by molar-refractivity contribution is -0.0160. The van der Waals surface area contributed by atoms with Crippen LogP contribution in [0, 0.1) is 10.8 Å². The van der Waals surface area contributed by atoms with E-state index in [4.69, 9.17) is 22.7 Å². The maximum Gasteiger partial charge on any atom is 0.0733 e. The predicted octanol–water partition coefficient (Wildman–Crippen LogP) is 3.43. The highest BCUT2D eigenvalue weighted by molar-refractivity contribution is 7.80. The molecule has 0 heterocycles. The molecule has 2 aliphatic carbocycles. The maximum atomic E-state index is 6.09. The second kappa shape index (κ2) is 4.85. The summed E-state index contributed by atoms with van der Waals surface area (Å²) in [5.41, 5.74) is 6.48. The van der Waals surface area contributed by atoms with E-state index in [1.165, 1.54) is 38.5 Å². The Morgan fingerprint density at radius 2 is 1.82 bits per heavy atom. The zero-order valence-electron chi connectivity index (χ0n) is 11.1. The number of nitrogens with two attached hydrogens (primary N) is 1. The second-order valence-electron chi connectivity index (χ2n) is 6.82. The van der Waals surface area contributed by atoms with Gasteiger partial charge in [-0.15, -0.1) is 0 Å². The average molecular weight is 255 g/mol. The predicted molar refractivity (Wildman–Crippen MR) is 75.1 cm³/mol. The Morgan fingerprint density at radius 3 is 2.29 bits per heavy atom. The van der Waals surface area contributed by atoms with Gasteiger partial charge in [-0.1, -0.05) is 26.1 Å². The first-order valence-electron chi connectivity index (χ1n) is 6.81. The molecule has 0 saturated heterocycles. The van der Waals surface area contributed by atoms with Crippen LogP contribution in [0.4, 0.5) is 0 Å². The molecule has 2 rings (SSSR count). The molecule has 0 unspecified atom stereocenters. The van der Waals surface area contributed by atoms with Crippen LogP contribution in [0.5, 0.6) is 0 Å². The van der Waals surface area contributed by atoms with Gasteiger partial charge >= 0.3 is 0 Å². The molecule has 2 fully saturated rings. The molecule has 0 aromatic heterocycles. The molecule has 0 spiro atoms. The lowest BCUT2D eigenvalue weighted by atomic mass is 9.76. The van der Waals surface area contributed by atoms with Crippen molar-refractivity contribution in [3.63, 3.8) is 0 Å². The number of ether oxygens (including phenoxy) is 1. The fraction of sp³-hybridized carbons (Fsp3) is 0.929. The molecule has 0 amide bonds. The molecule has 2 nitrogen and oxygen atoms in total. The Balaban J connectivity index is 1.71. The van der Waals surface area contributed by atoms with E-state index in [0.29, 0.717) is 21.9 Å². The molecule has 2 saturated carbocycles. The zero-order chi connectivity index (χ0) is 12.5. The first kappa shape index (κ1) is 13.3. The summed E-state index contributed by atoms with van der Waals surface area (Å²) in [7, 11) is 0. The van der Waals surface area contributed by atoms with Gasteiger partial charge in [0, 0.05) is 11.8 Å². The van der Waals surface area contributed by atoms with E-state index >= 15 is 0 Å². The molecule has 17 heavy (non-hydrogen) atoms. The van der Waals surface area contributed by atoms with Crippen LogP contribution in [0.15, 0.2) is 0 Å². The molecular formula is C14H25NOS. The summed E-state index contributed by atoms with van der Waals surface area (Å²) in [5, 5.41) is 0. The van der Waals surface area contributed by atoms with Gasteiger partial charge in [0.15, 0.2) is 0 Å². The van der Waals surface area contributed by atoms with Crippen molar-refractivity contribution in [3.05, 3.63) is 0 Å². The Hall–Kier alpha value is -0.150. The fourth-order valence-electron chi connectivity index (χ4n) is 2.75. The number of rotatable bonds is 5. The largest absolute Gasteiger partial charge is 0.393 e. The number of thiocarbonyl (C=S) groups is 1. The minimum atomic E-state index is 0.318. The van der Waals surface area contributed by atoms with Crippen molar-refractivity contribution < 1.29 is 4.74 Å². The Labute approximate surface area is 110 Å². The summed E-state index contributed by atoms with van der Waals surface area (Å²) in [6, 6.07) is 0. The van der Waals surface area contributed by atoms with Gasteiger partial charge in [0.25, 0.3) is 0 Å². The standard InChI is InChI=1S/C14H25NOS/c1-13(2)5-3-11(4-6-13)16-10-14(7-8-14)9-12(15)17/h11H,3-10H2,1-2H3,(H2,15,17). The van der Waals surface area contributed by atoms with E-state index < -0.39 is 0 Å². The van der Waals surface area contributed by atoms with Crippen molar-refractivity contribution in [1.29, 1.82) is 0 Å². The number of hydrogen-bond acceptors (Lipinski definition) is 2.